The second-order valence-corrected chi connectivity index (χ2v) is 4.79. The lowest BCUT2D eigenvalue weighted by atomic mass is 10.0. The maximum atomic E-state index is 10.5. The Balaban J connectivity index is 0.000000441. The van der Waals surface area contributed by atoms with Gasteiger partial charge in [0.15, 0.2) is 11.9 Å². The van der Waals surface area contributed by atoms with E-state index in [-0.39, 0.29) is 0 Å². The number of rotatable bonds is 7. The predicted molar refractivity (Wildman–Crippen MR) is 73.5 cm³/mol. The summed E-state index contributed by atoms with van der Waals surface area (Å²) in [6.45, 7) is -2.12. The number of aliphatic hydroxyl groups excluding tert-OH is 10. The van der Waals surface area contributed by atoms with Gasteiger partial charge in [-0.1, -0.05) is 0 Å². The summed E-state index contributed by atoms with van der Waals surface area (Å²) >= 11 is 0. The van der Waals surface area contributed by atoms with E-state index in [0.29, 0.717) is 0 Å². The van der Waals surface area contributed by atoms with Crippen molar-refractivity contribution in [3.8, 4) is 0 Å². The molecule has 0 aromatic heterocycles. The van der Waals surface area contributed by atoms with Gasteiger partial charge in [0.2, 0.25) is 5.76 Å². The average molecular weight is 358 g/mol. The van der Waals surface area contributed by atoms with E-state index < -0.39 is 73.9 Å². The zero-order valence-electron chi connectivity index (χ0n) is 12.4. The molecule has 0 aromatic carbocycles. The summed E-state index contributed by atoms with van der Waals surface area (Å²) in [4.78, 5) is 10.5. The first-order valence-corrected chi connectivity index (χ1v) is 6.68. The predicted octanol–water partition coefficient (Wildman–Crippen LogP) is -4.99. The van der Waals surface area contributed by atoms with Crippen LogP contribution in [0.1, 0.15) is 0 Å². The highest BCUT2D eigenvalue weighted by Crippen LogP contribution is 2.20. The maximum absolute atomic E-state index is 10.5. The smallest absolute Gasteiger partial charge is 0.377 e. The Hall–Kier alpha value is -1.51. The summed E-state index contributed by atoms with van der Waals surface area (Å²) in [6, 6.07) is 0. The van der Waals surface area contributed by atoms with E-state index in [2.05, 4.69) is 4.74 Å². The van der Waals surface area contributed by atoms with Gasteiger partial charge in [0.25, 0.3) is 0 Å². The summed E-state index contributed by atoms with van der Waals surface area (Å²) in [5.41, 5.74) is 0. The van der Waals surface area contributed by atoms with E-state index in [9.17, 15) is 4.79 Å². The minimum atomic E-state index is -1.67. The molecule has 0 bridgehead atoms. The molecule has 1 rings (SSSR count). The normalized spacial score (nSPS) is 23.7. The lowest BCUT2D eigenvalue weighted by Crippen LogP contribution is -2.46. The summed E-state index contributed by atoms with van der Waals surface area (Å²) in [6.07, 6.45) is -9.17. The van der Waals surface area contributed by atoms with Crippen LogP contribution >= 0.6 is 0 Å². The lowest BCUT2D eigenvalue weighted by molar-refractivity contribution is -0.147. The van der Waals surface area contributed by atoms with Gasteiger partial charge >= 0.3 is 5.97 Å². The van der Waals surface area contributed by atoms with Crippen LogP contribution < -0.4 is 0 Å². The third kappa shape index (κ3) is 5.85. The van der Waals surface area contributed by atoms with Crippen molar-refractivity contribution in [2.45, 2.75) is 36.6 Å². The summed E-state index contributed by atoms with van der Waals surface area (Å²) < 4.78 is 4.32. The molecule has 142 valence electrons. The second kappa shape index (κ2) is 10.4. The van der Waals surface area contributed by atoms with Gasteiger partial charge in [-0.2, -0.15) is 0 Å². The topological polar surface area (TPSA) is 229 Å². The Morgan fingerprint density at radius 2 is 1.25 bits per heavy atom. The molecular formula is C12H22O12. The molecular weight excluding hydrogens is 336 g/mol. The number of ether oxygens (including phenoxy) is 1. The standard InChI is InChI=1S/C6H8O6.C6H14O6/c7-1-2(8)5-3(9)4(10)6(11)12-5;7-1-3(9)5(11)6(12)4(10)2-8/h2,5,7-10H,1H2;3-12H,1-2H2/t;3-,4-,5-,6-/m.1/s1. The SMILES string of the molecule is O=C1OC(C(O)CO)C(O)=C1O.OC[C@@H](O)[C@@H](O)[C@H](O)[C@H](O)CO. The molecule has 0 spiro atoms. The van der Waals surface area contributed by atoms with Gasteiger partial charge in [0.1, 0.15) is 30.5 Å². The molecule has 0 saturated heterocycles. The molecule has 0 aromatic rings. The molecule has 12 heteroatoms. The zero-order chi connectivity index (χ0) is 19.0. The first-order chi connectivity index (χ1) is 11.1. The van der Waals surface area contributed by atoms with Gasteiger partial charge in [-0.25, -0.2) is 4.79 Å². The number of hydrogen-bond donors (Lipinski definition) is 10. The Labute approximate surface area is 135 Å². The third-order valence-corrected chi connectivity index (χ3v) is 2.99. The molecule has 1 heterocycles. The number of cyclic esters (lactones) is 1. The van der Waals surface area contributed by atoms with Crippen LogP contribution in [0.15, 0.2) is 11.5 Å². The molecule has 0 saturated carbocycles. The van der Waals surface area contributed by atoms with Crippen molar-refractivity contribution >= 4 is 5.97 Å². The third-order valence-electron chi connectivity index (χ3n) is 2.99. The van der Waals surface area contributed by atoms with Crippen LogP contribution in [0.3, 0.4) is 0 Å². The Bertz CT molecular complexity index is 410. The molecule has 24 heavy (non-hydrogen) atoms. The van der Waals surface area contributed by atoms with Gasteiger partial charge in [-0.15, -0.1) is 0 Å². The molecule has 1 aliphatic rings. The maximum Gasteiger partial charge on any atom is 0.377 e. The van der Waals surface area contributed by atoms with E-state index in [4.69, 9.17) is 51.1 Å². The molecule has 12 nitrogen and oxygen atoms in total. The first-order valence-electron chi connectivity index (χ1n) is 6.68. The highest BCUT2D eigenvalue weighted by atomic mass is 16.6. The van der Waals surface area contributed by atoms with Crippen molar-refractivity contribution in [3.63, 3.8) is 0 Å². The van der Waals surface area contributed by atoms with Crippen LogP contribution in [0.2, 0.25) is 0 Å². The number of carbonyl (C=O) groups excluding carboxylic acids is 1. The van der Waals surface area contributed by atoms with Gasteiger partial charge < -0.3 is 55.8 Å². The van der Waals surface area contributed by atoms with Crippen molar-refractivity contribution in [1.82, 2.24) is 0 Å². The molecule has 1 aliphatic heterocycles. The fourth-order valence-corrected chi connectivity index (χ4v) is 1.49. The van der Waals surface area contributed by atoms with Crippen LogP contribution in [0, 0.1) is 0 Å². The largest absolute Gasteiger partial charge is 0.505 e. The van der Waals surface area contributed by atoms with E-state index in [1.165, 1.54) is 0 Å². The lowest BCUT2D eigenvalue weighted by Gasteiger charge is -2.24. The second-order valence-electron chi connectivity index (χ2n) is 4.79. The minimum Gasteiger partial charge on any atom is -0.505 e. The summed E-state index contributed by atoms with van der Waals surface area (Å²) in [5, 5.41) is 87.2. The minimum absolute atomic E-state index is 0.671. The quantitative estimate of drug-likeness (QED) is 0.193. The monoisotopic (exact) mass is 358 g/mol. The average Bonchev–Trinajstić information content (AvgIpc) is 2.86. The highest BCUT2D eigenvalue weighted by molar-refractivity contribution is 5.89. The van der Waals surface area contributed by atoms with E-state index in [1.807, 2.05) is 0 Å². The van der Waals surface area contributed by atoms with Crippen molar-refractivity contribution in [2.24, 2.45) is 0 Å². The van der Waals surface area contributed by atoms with Crippen molar-refractivity contribution in [3.05, 3.63) is 11.5 Å². The number of esters is 1. The van der Waals surface area contributed by atoms with Gasteiger partial charge in [0, 0.05) is 0 Å². The molecule has 10 N–H and O–H groups in total. The Kier molecular flexibility index (Phi) is 9.72. The molecule has 2 unspecified atom stereocenters. The first kappa shape index (κ1) is 22.5. The fourth-order valence-electron chi connectivity index (χ4n) is 1.49. The van der Waals surface area contributed by atoms with E-state index in [1.54, 1.807) is 0 Å². The van der Waals surface area contributed by atoms with Gasteiger partial charge in [0.05, 0.1) is 19.8 Å². The fraction of sp³-hybridized carbons (Fsp3) is 0.750. The van der Waals surface area contributed by atoms with Crippen molar-refractivity contribution < 1.29 is 60.6 Å². The molecule has 0 amide bonds. The van der Waals surface area contributed by atoms with Crippen LogP contribution in [-0.2, 0) is 9.53 Å². The number of hydrogen-bond acceptors (Lipinski definition) is 12. The highest BCUT2D eigenvalue weighted by Gasteiger charge is 2.38. The molecule has 6 atom stereocenters. The van der Waals surface area contributed by atoms with Crippen LogP contribution in [-0.4, -0.2) is 113 Å². The van der Waals surface area contributed by atoms with E-state index >= 15 is 0 Å². The van der Waals surface area contributed by atoms with Crippen molar-refractivity contribution in [2.75, 3.05) is 19.8 Å². The summed E-state index contributed by atoms with van der Waals surface area (Å²) in [5.74, 6) is -2.78. The molecule has 0 radical (unpaired) electrons. The zero-order valence-corrected chi connectivity index (χ0v) is 12.4. The Morgan fingerprint density at radius 3 is 1.50 bits per heavy atom. The molecule has 0 aliphatic carbocycles. The van der Waals surface area contributed by atoms with Crippen LogP contribution in [0.5, 0.6) is 0 Å². The number of carbonyl (C=O) groups is 1. The van der Waals surface area contributed by atoms with Gasteiger partial charge in [-0.3, -0.25) is 0 Å². The van der Waals surface area contributed by atoms with E-state index in [0.717, 1.165) is 0 Å². The van der Waals surface area contributed by atoms with Crippen molar-refractivity contribution in [1.29, 1.82) is 0 Å². The van der Waals surface area contributed by atoms with Crippen LogP contribution in [0.25, 0.3) is 0 Å². The molecule has 0 fully saturated rings. The summed E-state index contributed by atoms with van der Waals surface area (Å²) in [7, 11) is 0. The Morgan fingerprint density at radius 1 is 0.833 bits per heavy atom. The van der Waals surface area contributed by atoms with Gasteiger partial charge in [-0.05, 0) is 0 Å². The number of aliphatic hydroxyl groups is 10. The van der Waals surface area contributed by atoms with Crippen LogP contribution in [0.4, 0.5) is 0 Å².